The molecule has 0 bridgehead atoms. The second-order valence-corrected chi connectivity index (χ2v) is 7.44. The quantitative estimate of drug-likeness (QED) is 0.338. The lowest BCUT2D eigenvalue weighted by Gasteiger charge is -2.06. The van der Waals surface area contributed by atoms with Crippen LogP contribution in [0.4, 0.5) is 13.2 Å². The van der Waals surface area contributed by atoms with Crippen molar-refractivity contribution in [2.24, 2.45) is 0 Å². The van der Waals surface area contributed by atoms with E-state index in [4.69, 9.17) is 23.2 Å². The number of phenolic OH excluding ortho intramolecular Hbond substituents is 1. The molecule has 0 aliphatic heterocycles. The Kier molecular flexibility index (Phi) is 5.84. The molecule has 1 heterocycles. The Morgan fingerprint density at radius 3 is 2.32 bits per heavy atom. The van der Waals surface area contributed by atoms with Gasteiger partial charge in [0.1, 0.15) is 10.8 Å². The summed E-state index contributed by atoms with van der Waals surface area (Å²) in [5.41, 5.74) is 0.981. The van der Waals surface area contributed by atoms with Gasteiger partial charge in [-0.1, -0.05) is 35.3 Å². The molecule has 144 valence electrons. The van der Waals surface area contributed by atoms with Crippen LogP contribution in [0.3, 0.4) is 0 Å². The highest BCUT2D eigenvalue weighted by Crippen LogP contribution is 2.35. The maximum absolute atomic E-state index is 12.7. The molecule has 3 aromatic rings. The molecule has 0 atom stereocenters. The van der Waals surface area contributed by atoms with Crippen LogP contribution in [0.25, 0.3) is 17.2 Å². The second-order valence-electron chi connectivity index (χ2n) is 5.77. The highest BCUT2D eigenvalue weighted by atomic mass is 35.5. The van der Waals surface area contributed by atoms with E-state index in [-0.39, 0.29) is 21.6 Å². The number of rotatable bonds is 4. The SMILES string of the molecule is O=C(/C=C/c1ccc(O)c(Cl)c1Cl)c1cc(-c2ccc(C(F)(F)F)cc2)cs1. The Bertz CT molecular complexity index is 1050. The highest BCUT2D eigenvalue weighted by Gasteiger charge is 2.30. The van der Waals surface area contributed by atoms with Crippen molar-refractivity contribution in [3.8, 4) is 16.9 Å². The van der Waals surface area contributed by atoms with E-state index in [2.05, 4.69) is 0 Å². The van der Waals surface area contributed by atoms with Gasteiger partial charge in [-0.3, -0.25) is 4.79 Å². The monoisotopic (exact) mass is 442 g/mol. The number of benzene rings is 2. The number of hydrogen-bond acceptors (Lipinski definition) is 3. The fraction of sp³-hybridized carbons (Fsp3) is 0.0500. The molecule has 0 saturated heterocycles. The predicted octanol–water partition coefficient (Wildman–Crippen LogP) is 7.34. The smallest absolute Gasteiger partial charge is 0.416 e. The zero-order chi connectivity index (χ0) is 20.5. The van der Waals surface area contributed by atoms with Crippen LogP contribution in [-0.4, -0.2) is 10.9 Å². The van der Waals surface area contributed by atoms with Crippen LogP contribution < -0.4 is 0 Å². The Hall–Kier alpha value is -2.28. The Balaban J connectivity index is 1.78. The van der Waals surface area contributed by atoms with E-state index in [1.54, 1.807) is 11.4 Å². The first-order valence-electron chi connectivity index (χ1n) is 7.82. The van der Waals surface area contributed by atoms with Gasteiger partial charge in [-0.15, -0.1) is 11.3 Å². The van der Waals surface area contributed by atoms with Crippen LogP contribution >= 0.6 is 34.5 Å². The van der Waals surface area contributed by atoms with E-state index in [1.165, 1.54) is 47.8 Å². The highest BCUT2D eigenvalue weighted by molar-refractivity contribution is 7.12. The van der Waals surface area contributed by atoms with E-state index in [9.17, 15) is 23.1 Å². The summed E-state index contributed by atoms with van der Waals surface area (Å²) in [4.78, 5) is 12.8. The molecule has 3 rings (SSSR count). The van der Waals surface area contributed by atoms with Gasteiger partial charge in [-0.2, -0.15) is 13.2 Å². The van der Waals surface area contributed by atoms with E-state index in [0.29, 0.717) is 21.6 Å². The second kappa shape index (κ2) is 7.99. The number of carbonyl (C=O) groups is 1. The van der Waals surface area contributed by atoms with Gasteiger partial charge in [0.15, 0.2) is 5.78 Å². The standard InChI is InChI=1S/C20H11Cl2F3O2S/c21-18-12(4-8-16(27)19(18)22)3-7-15(26)17-9-13(10-28-17)11-1-5-14(6-2-11)20(23,24)25/h1-10,27H/b7-3+. The predicted molar refractivity (Wildman–Crippen MR) is 106 cm³/mol. The summed E-state index contributed by atoms with van der Waals surface area (Å²) >= 11 is 13.1. The van der Waals surface area contributed by atoms with Crippen molar-refractivity contribution in [2.45, 2.75) is 6.18 Å². The first-order valence-corrected chi connectivity index (χ1v) is 9.46. The van der Waals surface area contributed by atoms with Gasteiger partial charge >= 0.3 is 6.18 Å². The van der Waals surface area contributed by atoms with Gasteiger partial charge in [0, 0.05) is 0 Å². The largest absolute Gasteiger partial charge is 0.506 e. The Morgan fingerprint density at radius 1 is 1.00 bits per heavy atom. The van der Waals surface area contributed by atoms with Gasteiger partial charge in [-0.05, 0) is 64.6 Å². The number of ketones is 1. The summed E-state index contributed by atoms with van der Waals surface area (Å²) in [6.45, 7) is 0. The molecule has 0 radical (unpaired) electrons. The number of phenols is 1. The van der Waals surface area contributed by atoms with Crippen molar-refractivity contribution in [3.05, 3.63) is 80.0 Å². The minimum atomic E-state index is -4.39. The molecule has 8 heteroatoms. The van der Waals surface area contributed by atoms with Crippen LogP contribution in [0.15, 0.2) is 53.9 Å². The molecule has 28 heavy (non-hydrogen) atoms. The third-order valence-electron chi connectivity index (χ3n) is 3.89. The molecule has 0 amide bonds. The fourth-order valence-electron chi connectivity index (χ4n) is 2.40. The number of thiophene rings is 1. The number of allylic oxidation sites excluding steroid dienone is 1. The van der Waals surface area contributed by atoms with Crippen molar-refractivity contribution in [2.75, 3.05) is 0 Å². The molecule has 0 fully saturated rings. The molecule has 2 nitrogen and oxygen atoms in total. The van der Waals surface area contributed by atoms with Crippen molar-refractivity contribution >= 4 is 46.4 Å². The number of carbonyl (C=O) groups excluding carboxylic acids is 1. The Labute approximate surface area is 172 Å². The molecule has 2 aromatic carbocycles. The summed E-state index contributed by atoms with van der Waals surface area (Å²) < 4.78 is 38.0. The van der Waals surface area contributed by atoms with Crippen LogP contribution in [0.1, 0.15) is 20.8 Å². The lowest BCUT2D eigenvalue weighted by Crippen LogP contribution is -2.03. The molecule has 0 aliphatic carbocycles. The maximum Gasteiger partial charge on any atom is 0.416 e. The maximum atomic E-state index is 12.7. The number of hydrogen-bond donors (Lipinski definition) is 1. The molecular formula is C20H11Cl2F3O2S. The average molecular weight is 443 g/mol. The number of alkyl halides is 3. The molecule has 0 saturated carbocycles. The summed E-state index contributed by atoms with van der Waals surface area (Å²) in [6.07, 6.45) is -1.60. The Morgan fingerprint density at radius 2 is 1.68 bits per heavy atom. The molecule has 0 unspecified atom stereocenters. The first-order chi connectivity index (χ1) is 13.2. The van der Waals surface area contributed by atoms with Crippen molar-refractivity contribution in [1.82, 2.24) is 0 Å². The summed E-state index contributed by atoms with van der Waals surface area (Å²) in [5, 5.41) is 11.3. The van der Waals surface area contributed by atoms with Crippen molar-refractivity contribution in [1.29, 1.82) is 0 Å². The van der Waals surface area contributed by atoms with Gasteiger partial charge in [0.05, 0.1) is 15.5 Å². The molecule has 1 aromatic heterocycles. The van der Waals surface area contributed by atoms with E-state index in [0.717, 1.165) is 12.1 Å². The van der Waals surface area contributed by atoms with Crippen molar-refractivity contribution < 1.29 is 23.1 Å². The van der Waals surface area contributed by atoms with Gasteiger partial charge in [0.2, 0.25) is 0 Å². The molecular weight excluding hydrogens is 432 g/mol. The fourth-order valence-corrected chi connectivity index (χ4v) is 3.63. The van der Waals surface area contributed by atoms with E-state index >= 15 is 0 Å². The lowest BCUT2D eigenvalue weighted by atomic mass is 10.1. The van der Waals surface area contributed by atoms with Gasteiger partial charge in [0.25, 0.3) is 0 Å². The lowest BCUT2D eigenvalue weighted by molar-refractivity contribution is -0.137. The average Bonchev–Trinajstić information content (AvgIpc) is 3.15. The minimum absolute atomic E-state index is 0.00280. The molecule has 0 spiro atoms. The summed E-state index contributed by atoms with van der Waals surface area (Å²) in [7, 11) is 0. The third-order valence-corrected chi connectivity index (χ3v) is 5.73. The number of halogens is 5. The van der Waals surface area contributed by atoms with E-state index in [1.807, 2.05) is 0 Å². The van der Waals surface area contributed by atoms with Crippen LogP contribution in [0.2, 0.25) is 10.0 Å². The zero-order valence-corrected chi connectivity index (χ0v) is 16.3. The normalized spacial score (nSPS) is 11.9. The van der Waals surface area contributed by atoms with E-state index < -0.39 is 11.7 Å². The zero-order valence-electron chi connectivity index (χ0n) is 13.9. The van der Waals surface area contributed by atoms with Crippen LogP contribution in [0, 0.1) is 0 Å². The first kappa shape index (κ1) is 20.5. The summed E-state index contributed by atoms with van der Waals surface area (Å²) in [6, 6.07) is 9.25. The topological polar surface area (TPSA) is 37.3 Å². The van der Waals surface area contributed by atoms with Crippen LogP contribution in [-0.2, 0) is 6.18 Å². The molecule has 0 aliphatic rings. The van der Waals surface area contributed by atoms with Gasteiger partial charge < -0.3 is 5.11 Å². The number of aromatic hydroxyl groups is 1. The third kappa shape index (κ3) is 4.41. The molecule has 1 N–H and O–H groups in total. The van der Waals surface area contributed by atoms with Crippen LogP contribution in [0.5, 0.6) is 5.75 Å². The van der Waals surface area contributed by atoms with Gasteiger partial charge in [-0.25, -0.2) is 0 Å². The van der Waals surface area contributed by atoms with Crippen molar-refractivity contribution in [3.63, 3.8) is 0 Å². The minimum Gasteiger partial charge on any atom is -0.506 e. The summed E-state index contributed by atoms with van der Waals surface area (Å²) in [5.74, 6) is -0.446.